The Morgan fingerprint density at radius 2 is 2.06 bits per heavy atom. The molecule has 2 N–H and O–H groups in total. The number of phenols is 1. The molecule has 0 heterocycles. The summed E-state index contributed by atoms with van der Waals surface area (Å²) < 4.78 is 0.919. The number of likely N-dealkylation sites (N-methyl/N-ethyl adjacent to an activating group) is 1. The molecule has 0 aromatic heterocycles. The van der Waals surface area contributed by atoms with Crippen LogP contribution in [0.1, 0.15) is 24.2 Å². The first kappa shape index (κ1) is 15.2. The molecule has 0 spiro atoms. The smallest absolute Gasteiger partial charge is 0.255 e. The van der Waals surface area contributed by atoms with Gasteiger partial charge < -0.3 is 15.3 Å². The minimum absolute atomic E-state index is 0.00979. The zero-order valence-electron chi connectivity index (χ0n) is 11.1. The predicted octanol–water partition coefficient (Wildman–Crippen LogP) is 2.07. The number of phenolic OH excluding ortho intramolecular Hbond substituents is 1. The van der Waals surface area contributed by atoms with Gasteiger partial charge in [0.2, 0.25) is 0 Å². The SMILES string of the molecule is CN(C)C(C)(C)CNC(=O)c1cc(I)ccc1O. The van der Waals surface area contributed by atoms with Crippen LogP contribution in [0.4, 0.5) is 0 Å². The molecule has 0 radical (unpaired) electrons. The maximum Gasteiger partial charge on any atom is 0.255 e. The third kappa shape index (κ3) is 3.84. The Balaban J connectivity index is 2.75. The Hall–Kier alpha value is -0.820. The lowest BCUT2D eigenvalue weighted by molar-refractivity contribution is 0.0917. The normalized spacial score (nSPS) is 11.7. The van der Waals surface area contributed by atoms with E-state index in [1.54, 1.807) is 12.1 Å². The molecule has 0 fully saturated rings. The first-order valence-corrected chi connectivity index (χ1v) is 6.76. The first-order chi connectivity index (χ1) is 8.24. The lowest BCUT2D eigenvalue weighted by Crippen LogP contribution is -2.48. The van der Waals surface area contributed by atoms with Crippen molar-refractivity contribution in [2.24, 2.45) is 0 Å². The van der Waals surface area contributed by atoms with Crippen LogP contribution in [0.5, 0.6) is 5.75 Å². The summed E-state index contributed by atoms with van der Waals surface area (Å²) in [5.74, 6) is -0.239. The van der Waals surface area contributed by atoms with Gasteiger partial charge >= 0.3 is 0 Å². The predicted molar refractivity (Wildman–Crippen MR) is 80.9 cm³/mol. The molecule has 1 rings (SSSR count). The average molecular weight is 362 g/mol. The van der Waals surface area contributed by atoms with Gasteiger partial charge in [0.15, 0.2) is 0 Å². The number of hydrogen-bond donors (Lipinski definition) is 2. The van der Waals surface area contributed by atoms with Crippen LogP contribution in [0.15, 0.2) is 18.2 Å². The van der Waals surface area contributed by atoms with Gasteiger partial charge in [-0.15, -0.1) is 0 Å². The highest BCUT2D eigenvalue weighted by Gasteiger charge is 2.22. The Morgan fingerprint density at radius 1 is 1.44 bits per heavy atom. The Labute approximate surface area is 122 Å². The Bertz CT molecular complexity index is 445. The lowest BCUT2D eigenvalue weighted by Gasteiger charge is -2.32. The molecule has 0 bridgehead atoms. The Kier molecular flexibility index (Phi) is 4.98. The van der Waals surface area contributed by atoms with Gasteiger partial charge in [-0.25, -0.2) is 0 Å². The van der Waals surface area contributed by atoms with Gasteiger partial charge in [-0.2, -0.15) is 0 Å². The maximum absolute atomic E-state index is 12.0. The van der Waals surface area contributed by atoms with Crippen molar-refractivity contribution in [2.75, 3.05) is 20.6 Å². The average Bonchev–Trinajstić information content (AvgIpc) is 2.29. The van der Waals surface area contributed by atoms with E-state index in [9.17, 15) is 9.90 Å². The highest BCUT2D eigenvalue weighted by atomic mass is 127. The van der Waals surface area contributed by atoms with E-state index < -0.39 is 0 Å². The van der Waals surface area contributed by atoms with Gasteiger partial charge in [-0.05, 0) is 68.7 Å². The van der Waals surface area contributed by atoms with E-state index in [1.165, 1.54) is 6.07 Å². The number of benzene rings is 1. The van der Waals surface area contributed by atoms with Crippen molar-refractivity contribution in [3.05, 3.63) is 27.3 Å². The molecule has 18 heavy (non-hydrogen) atoms. The zero-order chi connectivity index (χ0) is 13.9. The monoisotopic (exact) mass is 362 g/mol. The van der Waals surface area contributed by atoms with E-state index in [2.05, 4.69) is 27.9 Å². The standard InChI is InChI=1S/C13H19IN2O2/c1-13(2,16(3)4)8-15-12(18)10-7-9(14)5-6-11(10)17/h5-7,17H,8H2,1-4H3,(H,15,18). The number of amides is 1. The van der Waals surface area contributed by atoms with Crippen molar-refractivity contribution in [3.8, 4) is 5.75 Å². The van der Waals surface area contributed by atoms with Crippen LogP contribution in [-0.4, -0.2) is 42.1 Å². The van der Waals surface area contributed by atoms with Crippen LogP contribution >= 0.6 is 22.6 Å². The lowest BCUT2D eigenvalue weighted by atomic mass is 10.0. The molecule has 0 aliphatic rings. The van der Waals surface area contributed by atoms with Gasteiger partial charge in [-0.3, -0.25) is 4.79 Å². The summed E-state index contributed by atoms with van der Waals surface area (Å²) in [6.07, 6.45) is 0. The van der Waals surface area contributed by atoms with Crippen molar-refractivity contribution in [2.45, 2.75) is 19.4 Å². The number of hydrogen-bond acceptors (Lipinski definition) is 3. The summed E-state index contributed by atoms with van der Waals surface area (Å²) in [7, 11) is 3.93. The maximum atomic E-state index is 12.0. The highest BCUT2D eigenvalue weighted by molar-refractivity contribution is 14.1. The number of aromatic hydroxyl groups is 1. The molecule has 0 atom stereocenters. The van der Waals surface area contributed by atoms with Crippen molar-refractivity contribution in [1.82, 2.24) is 10.2 Å². The van der Waals surface area contributed by atoms with Crippen LogP contribution in [0.25, 0.3) is 0 Å². The summed E-state index contributed by atoms with van der Waals surface area (Å²) in [6.45, 7) is 4.60. The molecule has 1 aromatic carbocycles. The molecular formula is C13H19IN2O2. The summed E-state index contributed by atoms with van der Waals surface area (Å²) in [5, 5.41) is 12.5. The van der Waals surface area contributed by atoms with Crippen molar-refractivity contribution >= 4 is 28.5 Å². The van der Waals surface area contributed by atoms with Gasteiger partial charge in [0, 0.05) is 15.7 Å². The summed E-state index contributed by atoms with van der Waals surface area (Å²) in [4.78, 5) is 14.0. The van der Waals surface area contributed by atoms with Crippen molar-refractivity contribution in [1.29, 1.82) is 0 Å². The number of carbonyl (C=O) groups excluding carboxylic acids is 1. The molecule has 1 amide bonds. The second kappa shape index (κ2) is 5.88. The molecule has 0 aliphatic heterocycles. The molecule has 1 aromatic rings. The summed E-state index contributed by atoms with van der Waals surface area (Å²) in [5.41, 5.74) is 0.184. The molecular weight excluding hydrogens is 343 g/mol. The van der Waals surface area contributed by atoms with E-state index in [0.717, 1.165) is 3.57 Å². The second-order valence-electron chi connectivity index (χ2n) is 5.05. The number of nitrogens with zero attached hydrogens (tertiary/aromatic N) is 1. The fraction of sp³-hybridized carbons (Fsp3) is 0.462. The van der Waals surface area contributed by atoms with Crippen LogP contribution in [0.2, 0.25) is 0 Å². The topological polar surface area (TPSA) is 52.6 Å². The van der Waals surface area contributed by atoms with Crippen LogP contribution < -0.4 is 5.32 Å². The van der Waals surface area contributed by atoms with Gasteiger partial charge in [0.1, 0.15) is 5.75 Å². The summed E-state index contributed by atoms with van der Waals surface area (Å²) in [6, 6.07) is 4.97. The minimum Gasteiger partial charge on any atom is -0.507 e. The molecule has 0 aliphatic carbocycles. The molecule has 0 unspecified atom stereocenters. The summed E-state index contributed by atoms with van der Waals surface area (Å²) >= 11 is 2.11. The van der Waals surface area contributed by atoms with E-state index in [1.807, 2.05) is 32.8 Å². The number of nitrogens with one attached hydrogen (secondary N) is 1. The zero-order valence-corrected chi connectivity index (χ0v) is 13.3. The van der Waals surface area contributed by atoms with Gasteiger partial charge in [0.25, 0.3) is 5.91 Å². The third-order valence-corrected chi connectivity index (χ3v) is 3.77. The van der Waals surface area contributed by atoms with Crippen LogP contribution in [0, 0.1) is 3.57 Å². The quantitative estimate of drug-likeness (QED) is 0.807. The van der Waals surface area contributed by atoms with E-state index in [-0.39, 0.29) is 17.2 Å². The fourth-order valence-electron chi connectivity index (χ4n) is 1.24. The van der Waals surface area contributed by atoms with E-state index in [4.69, 9.17) is 0 Å². The number of halogens is 1. The number of rotatable bonds is 4. The molecule has 0 saturated heterocycles. The second-order valence-corrected chi connectivity index (χ2v) is 6.30. The van der Waals surface area contributed by atoms with E-state index >= 15 is 0 Å². The number of carbonyl (C=O) groups is 1. The fourth-order valence-corrected chi connectivity index (χ4v) is 1.73. The van der Waals surface area contributed by atoms with Crippen molar-refractivity contribution < 1.29 is 9.90 Å². The van der Waals surface area contributed by atoms with E-state index in [0.29, 0.717) is 12.1 Å². The first-order valence-electron chi connectivity index (χ1n) is 5.68. The minimum atomic E-state index is -0.249. The van der Waals surface area contributed by atoms with Gasteiger partial charge in [0.05, 0.1) is 5.56 Å². The third-order valence-electron chi connectivity index (χ3n) is 3.10. The Morgan fingerprint density at radius 3 is 2.61 bits per heavy atom. The van der Waals surface area contributed by atoms with Crippen molar-refractivity contribution in [3.63, 3.8) is 0 Å². The van der Waals surface area contributed by atoms with Crippen LogP contribution in [0.3, 0.4) is 0 Å². The molecule has 100 valence electrons. The van der Waals surface area contributed by atoms with Crippen LogP contribution in [-0.2, 0) is 0 Å². The molecule has 4 nitrogen and oxygen atoms in total. The van der Waals surface area contributed by atoms with Gasteiger partial charge in [-0.1, -0.05) is 0 Å². The molecule has 0 saturated carbocycles. The largest absolute Gasteiger partial charge is 0.507 e. The molecule has 5 heteroatoms. The highest BCUT2D eigenvalue weighted by Crippen LogP contribution is 2.19.